The minimum absolute atomic E-state index is 0. The van der Waals surface area contributed by atoms with E-state index in [4.69, 9.17) is 0 Å². The van der Waals surface area contributed by atoms with Crippen LogP contribution in [-0.4, -0.2) is 37.0 Å². The van der Waals surface area contributed by atoms with Crippen molar-refractivity contribution in [1.29, 1.82) is 0 Å². The second kappa shape index (κ2) is 9.77. The molecule has 1 unspecified atom stereocenters. The van der Waals surface area contributed by atoms with Crippen LogP contribution in [0.25, 0.3) is 0 Å². The molecule has 5 nitrogen and oxygen atoms in total. The highest BCUT2D eigenvalue weighted by molar-refractivity contribution is 5.89. The van der Waals surface area contributed by atoms with E-state index in [2.05, 4.69) is 16.0 Å². The van der Waals surface area contributed by atoms with Gasteiger partial charge in [0.05, 0.1) is 5.41 Å². The molecule has 1 atom stereocenters. The number of hydrogen-bond donors (Lipinski definition) is 3. The minimum Gasteiger partial charge on any atom is -0.353 e. The number of amides is 2. The molecule has 0 bridgehead atoms. The fraction of sp³-hybridized carbons (Fsp3) is 0.895. The molecule has 0 aromatic rings. The number of carbonyl (C=O) groups is 2. The van der Waals surface area contributed by atoms with E-state index in [1.807, 2.05) is 0 Å². The summed E-state index contributed by atoms with van der Waals surface area (Å²) in [6, 6.07) is 0.629. The Morgan fingerprint density at radius 3 is 1.96 bits per heavy atom. The quantitative estimate of drug-likeness (QED) is 0.695. The first-order valence-corrected chi connectivity index (χ1v) is 9.99. The number of halogens is 1. The summed E-state index contributed by atoms with van der Waals surface area (Å²) in [5, 5.41) is 9.73. The highest BCUT2D eigenvalue weighted by atomic mass is 35.5. The van der Waals surface area contributed by atoms with Crippen molar-refractivity contribution in [3.63, 3.8) is 0 Å². The van der Waals surface area contributed by atoms with Crippen LogP contribution in [-0.2, 0) is 9.59 Å². The van der Waals surface area contributed by atoms with Crippen LogP contribution in [0.5, 0.6) is 0 Å². The van der Waals surface area contributed by atoms with Gasteiger partial charge in [-0.1, -0.05) is 38.5 Å². The van der Waals surface area contributed by atoms with E-state index in [9.17, 15) is 9.59 Å². The molecule has 3 N–H and O–H groups in total. The molecule has 3 rings (SSSR count). The third-order valence-corrected chi connectivity index (χ3v) is 6.14. The molecule has 0 spiro atoms. The standard InChI is InChI=1S/C19H33N3O2.ClH/c23-17(21-15-7-3-1-4-8-15)13-19(11-12-20-14-19)18(24)22-16-9-5-2-6-10-16;/h15-16,20H,1-14H2,(H,21,23)(H,22,24);1H. The Kier molecular flexibility index (Phi) is 8.01. The lowest BCUT2D eigenvalue weighted by molar-refractivity contribution is -0.136. The number of carbonyl (C=O) groups excluding carboxylic acids is 2. The van der Waals surface area contributed by atoms with E-state index in [-0.39, 0.29) is 24.2 Å². The fourth-order valence-corrected chi connectivity index (χ4v) is 4.59. The van der Waals surface area contributed by atoms with Crippen molar-refractivity contribution in [2.24, 2.45) is 5.41 Å². The third kappa shape index (κ3) is 5.58. The molecule has 25 heavy (non-hydrogen) atoms. The Morgan fingerprint density at radius 1 is 0.880 bits per heavy atom. The van der Waals surface area contributed by atoms with Crippen LogP contribution in [0.4, 0.5) is 0 Å². The molecule has 0 aromatic carbocycles. The van der Waals surface area contributed by atoms with Crippen molar-refractivity contribution in [2.75, 3.05) is 13.1 Å². The Hall–Kier alpha value is -0.810. The fourth-order valence-electron chi connectivity index (χ4n) is 4.59. The number of hydrogen-bond acceptors (Lipinski definition) is 3. The second-order valence-electron chi connectivity index (χ2n) is 8.09. The lowest BCUT2D eigenvalue weighted by Crippen LogP contribution is -2.50. The van der Waals surface area contributed by atoms with Gasteiger partial charge in [-0.15, -0.1) is 12.4 Å². The molecular weight excluding hydrogens is 338 g/mol. The van der Waals surface area contributed by atoms with Crippen LogP contribution in [0.2, 0.25) is 0 Å². The van der Waals surface area contributed by atoms with Gasteiger partial charge in [-0.3, -0.25) is 9.59 Å². The number of nitrogens with one attached hydrogen (secondary N) is 3. The molecule has 2 aliphatic carbocycles. The molecule has 0 aromatic heterocycles. The van der Waals surface area contributed by atoms with E-state index < -0.39 is 5.41 Å². The van der Waals surface area contributed by atoms with Gasteiger partial charge in [0.15, 0.2) is 0 Å². The molecular formula is C19H34ClN3O2. The Labute approximate surface area is 157 Å². The Balaban J connectivity index is 0.00000225. The average Bonchev–Trinajstić information content (AvgIpc) is 3.06. The molecule has 144 valence electrons. The second-order valence-corrected chi connectivity index (χ2v) is 8.09. The zero-order valence-corrected chi connectivity index (χ0v) is 16.1. The maximum atomic E-state index is 12.9. The lowest BCUT2D eigenvalue weighted by Gasteiger charge is -2.32. The van der Waals surface area contributed by atoms with Gasteiger partial charge in [0.2, 0.25) is 11.8 Å². The van der Waals surface area contributed by atoms with Gasteiger partial charge < -0.3 is 16.0 Å². The first kappa shape index (κ1) is 20.5. The van der Waals surface area contributed by atoms with Gasteiger partial charge in [0, 0.05) is 25.0 Å². The maximum Gasteiger partial charge on any atom is 0.228 e. The lowest BCUT2D eigenvalue weighted by atomic mass is 9.81. The SMILES string of the molecule is Cl.O=C(CC1(C(=O)NC2CCCCC2)CCNC1)NC1CCCCC1. The first-order valence-electron chi connectivity index (χ1n) is 9.99. The van der Waals surface area contributed by atoms with Gasteiger partial charge in [-0.05, 0) is 38.6 Å². The Bertz CT molecular complexity index is 440. The molecule has 3 fully saturated rings. The summed E-state index contributed by atoms with van der Waals surface area (Å²) < 4.78 is 0. The van der Waals surface area contributed by atoms with Gasteiger partial charge in [-0.2, -0.15) is 0 Å². The summed E-state index contributed by atoms with van der Waals surface area (Å²) >= 11 is 0. The molecule has 3 aliphatic rings. The zero-order chi connectivity index (χ0) is 16.8. The van der Waals surface area contributed by atoms with Crippen LogP contribution in [0.15, 0.2) is 0 Å². The van der Waals surface area contributed by atoms with Crippen molar-refractivity contribution in [2.45, 2.75) is 89.1 Å². The summed E-state index contributed by atoms with van der Waals surface area (Å²) in [7, 11) is 0. The van der Waals surface area contributed by atoms with Crippen LogP contribution in [0.1, 0.15) is 77.0 Å². The minimum atomic E-state index is -0.545. The zero-order valence-electron chi connectivity index (χ0n) is 15.3. The van der Waals surface area contributed by atoms with Crippen molar-refractivity contribution < 1.29 is 9.59 Å². The summed E-state index contributed by atoms with van der Waals surface area (Å²) in [6.45, 7) is 1.46. The number of rotatable bonds is 5. The van der Waals surface area contributed by atoms with Gasteiger partial charge >= 0.3 is 0 Å². The topological polar surface area (TPSA) is 70.2 Å². The predicted octanol–water partition coefficient (Wildman–Crippen LogP) is 2.68. The van der Waals surface area contributed by atoms with E-state index in [1.165, 1.54) is 38.5 Å². The van der Waals surface area contributed by atoms with Crippen LogP contribution in [0.3, 0.4) is 0 Å². The molecule has 0 radical (unpaired) electrons. The van der Waals surface area contributed by atoms with Gasteiger partial charge in [0.1, 0.15) is 0 Å². The highest BCUT2D eigenvalue weighted by Gasteiger charge is 2.43. The van der Waals surface area contributed by atoms with Crippen LogP contribution in [0, 0.1) is 5.41 Å². The van der Waals surface area contributed by atoms with Crippen LogP contribution < -0.4 is 16.0 Å². The summed E-state index contributed by atoms with van der Waals surface area (Å²) in [4.78, 5) is 25.5. The third-order valence-electron chi connectivity index (χ3n) is 6.14. The maximum absolute atomic E-state index is 12.9. The highest BCUT2D eigenvalue weighted by Crippen LogP contribution is 2.31. The van der Waals surface area contributed by atoms with E-state index >= 15 is 0 Å². The molecule has 6 heteroatoms. The summed E-state index contributed by atoms with van der Waals surface area (Å²) in [6.07, 6.45) is 12.8. The molecule has 2 amide bonds. The summed E-state index contributed by atoms with van der Waals surface area (Å²) in [5.74, 6) is 0.155. The predicted molar refractivity (Wildman–Crippen MR) is 102 cm³/mol. The molecule has 1 saturated heterocycles. The smallest absolute Gasteiger partial charge is 0.228 e. The largest absolute Gasteiger partial charge is 0.353 e. The van der Waals surface area contributed by atoms with Crippen molar-refractivity contribution in [1.82, 2.24) is 16.0 Å². The monoisotopic (exact) mass is 371 g/mol. The van der Waals surface area contributed by atoms with Gasteiger partial charge in [-0.25, -0.2) is 0 Å². The van der Waals surface area contributed by atoms with E-state index in [0.29, 0.717) is 25.0 Å². The Morgan fingerprint density at radius 2 is 1.44 bits per heavy atom. The van der Waals surface area contributed by atoms with E-state index in [0.717, 1.165) is 38.6 Å². The van der Waals surface area contributed by atoms with Crippen LogP contribution >= 0.6 is 12.4 Å². The van der Waals surface area contributed by atoms with Crippen molar-refractivity contribution >= 4 is 24.2 Å². The van der Waals surface area contributed by atoms with E-state index in [1.54, 1.807) is 0 Å². The average molecular weight is 372 g/mol. The van der Waals surface area contributed by atoms with Crippen molar-refractivity contribution in [3.05, 3.63) is 0 Å². The molecule has 1 heterocycles. The molecule has 2 saturated carbocycles. The first-order chi connectivity index (χ1) is 11.7. The normalized spacial score (nSPS) is 28.2. The van der Waals surface area contributed by atoms with Crippen molar-refractivity contribution in [3.8, 4) is 0 Å². The van der Waals surface area contributed by atoms with Gasteiger partial charge in [0.25, 0.3) is 0 Å². The summed E-state index contributed by atoms with van der Waals surface area (Å²) in [5.41, 5.74) is -0.545. The molecule has 1 aliphatic heterocycles.